The van der Waals surface area contributed by atoms with Crippen LogP contribution in [0, 0.1) is 0 Å². The predicted octanol–water partition coefficient (Wildman–Crippen LogP) is 1.30. The predicted molar refractivity (Wildman–Crippen MR) is 98.2 cm³/mol. The summed E-state index contributed by atoms with van der Waals surface area (Å²) < 4.78 is 0. The van der Waals surface area contributed by atoms with Crippen LogP contribution in [0.3, 0.4) is 0 Å². The van der Waals surface area contributed by atoms with E-state index in [2.05, 4.69) is 15.6 Å². The number of rotatable bonds is 6. The Kier molecular flexibility index (Phi) is 5.25. The first kappa shape index (κ1) is 18.0. The zero-order chi connectivity index (χ0) is 18.7. The van der Waals surface area contributed by atoms with Gasteiger partial charge in [0.05, 0.1) is 6.54 Å². The summed E-state index contributed by atoms with van der Waals surface area (Å²) in [5.41, 5.74) is 1.98. The van der Waals surface area contributed by atoms with E-state index < -0.39 is 6.04 Å². The molecule has 138 valence electrons. The van der Waals surface area contributed by atoms with Crippen molar-refractivity contribution in [1.29, 1.82) is 0 Å². The molecule has 1 aromatic heterocycles. The number of amides is 3. The Bertz CT molecular complexity index is 827. The van der Waals surface area contributed by atoms with Gasteiger partial charge in [-0.05, 0) is 31.9 Å². The van der Waals surface area contributed by atoms with Gasteiger partial charge in [0, 0.05) is 36.1 Å². The quantitative estimate of drug-likeness (QED) is 0.728. The number of hydrogen-bond acceptors (Lipinski definition) is 3. The van der Waals surface area contributed by atoms with Gasteiger partial charge in [0.2, 0.25) is 17.7 Å². The Labute approximate surface area is 152 Å². The SMILES string of the molecule is CC(C)NC(=O)CNC(=O)[C@H]1CCC(=O)N1Cc1c[nH]c2ccccc12. The fraction of sp³-hybridized carbons (Fsp3) is 0.421. The standard InChI is InChI=1S/C19H24N4O3/c1-12(2)22-17(24)10-21-19(26)16-7-8-18(25)23(16)11-13-9-20-15-6-4-3-5-14(13)15/h3-6,9,12,16,20H,7-8,10-11H2,1-2H3,(H,21,26)(H,22,24)/t16-/m1/s1. The number of aromatic nitrogens is 1. The van der Waals surface area contributed by atoms with Gasteiger partial charge in [-0.25, -0.2) is 0 Å². The molecule has 1 aromatic carbocycles. The molecule has 0 spiro atoms. The third-order valence-corrected chi connectivity index (χ3v) is 4.52. The van der Waals surface area contributed by atoms with E-state index in [4.69, 9.17) is 0 Å². The molecular weight excluding hydrogens is 332 g/mol. The van der Waals surface area contributed by atoms with Gasteiger partial charge in [0.1, 0.15) is 6.04 Å². The number of likely N-dealkylation sites (tertiary alicyclic amines) is 1. The molecule has 1 aliphatic heterocycles. The van der Waals surface area contributed by atoms with Gasteiger partial charge in [-0.15, -0.1) is 0 Å². The molecule has 3 N–H and O–H groups in total. The number of H-pyrrole nitrogens is 1. The summed E-state index contributed by atoms with van der Waals surface area (Å²) in [7, 11) is 0. The largest absolute Gasteiger partial charge is 0.361 e. The minimum absolute atomic E-state index is 0.0193. The van der Waals surface area contributed by atoms with E-state index >= 15 is 0 Å². The summed E-state index contributed by atoms with van der Waals surface area (Å²) >= 11 is 0. The highest BCUT2D eigenvalue weighted by Gasteiger charge is 2.36. The van der Waals surface area contributed by atoms with E-state index in [9.17, 15) is 14.4 Å². The summed E-state index contributed by atoms with van der Waals surface area (Å²) in [6.45, 7) is 4.01. The highest BCUT2D eigenvalue weighted by atomic mass is 16.2. The summed E-state index contributed by atoms with van der Waals surface area (Å²) in [6.07, 6.45) is 2.69. The fourth-order valence-corrected chi connectivity index (χ4v) is 3.31. The maximum Gasteiger partial charge on any atom is 0.243 e. The van der Waals surface area contributed by atoms with Crippen molar-refractivity contribution < 1.29 is 14.4 Å². The minimum atomic E-state index is -0.539. The molecule has 7 nitrogen and oxygen atoms in total. The number of nitrogens with one attached hydrogen (secondary N) is 3. The molecule has 7 heteroatoms. The lowest BCUT2D eigenvalue weighted by Gasteiger charge is -2.24. The molecule has 0 unspecified atom stereocenters. The van der Waals surface area contributed by atoms with Crippen LogP contribution >= 0.6 is 0 Å². The summed E-state index contributed by atoms with van der Waals surface area (Å²) in [6, 6.07) is 7.34. The van der Waals surface area contributed by atoms with Gasteiger partial charge < -0.3 is 20.5 Å². The van der Waals surface area contributed by atoms with Crippen LogP contribution in [0.1, 0.15) is 32.3 Å². The number of fused-ring (bicyclic) bond motifs is 1. The second-order valence-electron chi connectivity index (χ2n) is 6.88. The topological polar surface area (TPSA) is 94.3 Å². The van der Waals surface area contributed by atoms with Crippen LogP contribution < -0.4 is 10.6 Å². The molecule has 0 saturated carbocycles. The van der Waals surface area contributed by atoms with Gasteiger partial charge in [-0.2, -0.15) is 0 Å². The van der Waals surface area contributed by atoms with Crippen molar-refractivity contribution in [2.75, 3.05) is 6.54 Å². The van der Waals surface area contributed by atoms with Crippen LogP contribution in [0.2, 0.25) is 0 Å². The lowest BCUT2D eigenvalue weighted by atomic mass is 10.1. The highest BCUT2D eigenvalue weighted by Crippen LogP contribution is 2.25. The molecule has 0 bridgehead atoms. The number of hydrogen-bond donors (Lipinski definition) is 3. The molecule has 1 aliphatic rings. The number of aromatic amines is 1. The molecule has 26 heavy (non-hydrogen) atoms. The molecule has 2 aromatic rings. The molecule has 1 saturated heterocycles. The average Bonchev–Trinajstić information content (AvgIpc) is 3.17. The Morgan fingerprint density at radius 3 is 2.85 bits per heavy atom. The van der Waals surface area contributed by atoms with E-state index in [-0.39, 0.29) is 30.3 Å². The molecule has 2 heterocycles. The Balaban J connectivity index is 1.67. The number of para-hydroxylation sites is 1. The summed E-state index contributed by atoms with van der Waals surface area (Å²) in [5.74, 6) is -0.558. The Morgan fingerprint density at radius 2 is 2.08 bits per heavy atom. The minimum Gasteiger partial charge on any atom is -0.361 e. The van der Waals surface area contributed by atoms with Crippen LogP contribution in [0.25, 0.3) is 10.9 Å². The van der Waals surface area contributed by atoms with Crippen LogP contribution in [0.5, 0.6) is 0 Å². The Hall–Kier alpha value is -2.83. The van der Waals surface area contributed by atoms with E-state index in [1.807, 2.05) is 44.3 Å². The average molecular weight is 356 g/mol. The van der Waals surface area contributed by atoms with Gasteiger partial charge in [-0.1, -0.05) is 18.2 Å². The van der Waals surface area contributed by atoms with E-state index in [1.165, 1.54) is 0 Å². The molecule has 1 fully saturated rings. The first-order valence-corrected chi connectivity index (χ1v) is 8.87. The summed E-state index contributed by atoms with van der Waals surface area (Å²) in [4.78, 5) is 41.3. The zero-order valence-electron chi connectivity index (χ0n) is 15.0. The first-order valence-electron chi connectivity index (χ1n) is 8.87. The number of carbonyl (C=O) groups is 3. The van der Waals surface area contributed by atoms with E-state index in [0.717, 1.165) is 16.5 Å². The highest BCUT2D eigenvalue weighted by molar-refractivity contribution is 5.93. The van der Waals surface area contributed by atoms with Crippen LogP contribution in [0.15, 0.2) is 30.5 Å². The van der Waals surface area contributed by atoms with Crippen molar-refractivity contribution in [3.63, 3.8) is 0 Å². The second-order valence-corrected chi connectivity index (χ2v) is 6.88. The van der Waals surface area contributed by atoms with Crippen molar-refractivity contribution >= 4 is 28.6 Å². The van der Waals surface area contributed by atoms with Gasteiger partial charge in [0.15, 0.2) is 0 Å². The van der Waals surface area contributed by atoms with E-state index in [0.29, 0.717) is 19.4 Å². The number of benzene rings is 1. The number of nitrogens with zero attached hydrogens (tertiary/aromatic N) is 1. The van der Waals surface area contributed by atoms with Gasteiger partial charge >= 0.3 is 0 Å². The Morgan fingerprint density at radius 1 is 1.31 bits per heavy atom. The maximum absolute atomic E-state index is 12.5. The van der Waals surface area contributed by atoms with E-state index in [1.54, 1.807) is 4.90 Å². The van der Waals surface area contributed by atoms with Crippen LogP contribution in [-0.2, 0) is 20.9 Å². The maximum atomic E-state index is 12.5. The lowest BCUT2D eigenvalue weighted by Crippen LogP contribution is -2.47. The second kappa shape index (κ2) is 7.59. The lowest BCUT2D eigenvalue weighted by molar-refractivity contribution is -0.136. The summed E-state index contributed by atoms with van der Waals surface area (Å²) in [5, 5.41) is 6.42. The molecule has 3 amide bonds. The van der Waals surface area contributed by atoms with Crippen molar-refractivity contribution in [3.8, 4) is 0 Å². The molecule has 1 atom stereocenters. The molecule has 0 radical (unpaired) electrons. The number of carbonyl (C=O) groups excluding carboxylic acids is 3. The normalized spacial score (nSPS) is 17.1. The van der Waals surface area contributed by atoms with Crippen molar-refractivity contribution in [3.05, 3.63) is 36.0 Å². The van der Waals surface area contributed by atoms with Gasteiger partial charge in [-0.3, -0.25) is 14.4 Å². The fourth-order valence-electron chi connectivity index (χ4n) is 3.31. The van der Waals surface area contributed by atoms with Crippen molar-refractivity contribution in [2.45, 2.75) is 45.3 Å². The van der Waals surface area contributed by atoms with Crippen molar-refractivity contribution in [1.82, 2.24) is 20.5 Å². The smallest absolute Gasteiger partial charge is 0.243 e. The van der Waals surface area contributed by atoms with Gasteiger partial charge in [0.25, 0.3) is 0 Å². The molecule has 0 aliphatic carbocycles. The third kappa shape index (κ3) is 3.87. The molecule has 3 rings (SSSR count). The molecular formula is C19H24N4O3. The van der Waals surface area contributed by atoms with Crippen molar-refractivity contribution in [2.24, 2.45) is 0 Å². The first-order chi connectivity index (χ1) is 12.5. The zero-order valence-corrected chi connectivity index (χ0v) is 15.0. The van der Waals surface area contributed by atoms with Crippen LogP contribution in [0.4, 0.5) is 0 Å². The monoisotopic (exact) mass is 356 g/mol. The van der Waals surface area contributed by atoms with Crippen LogP contribution in [-0.4, -0.2) is 46.2 Å². The third-order valence-electron chi connectivity index (χ3n) is 4.52.